The van der Waals surface area contributed by atoms with Crippen LogP contribution in [0.15, 0.2) is 107 Å². The van der Waals surface area contributed by atoms with E-state index in [9.17, 15) is 9.66 Å². The van der Waals surface area contributed by atoms with Crippen molar-refractivity contribution in [3.8, 4) is 17.2 Å². The maximum atomic E-state index is 12.9. The highest BCUT2D eigenvalue weighted by atomic mass is 32.2. The van der Waals surface area contributed by atoms with Gasteiger partial charge in [-0.15, -0.1) is 0 Å². The van der Waals surface area contributed by atoms with Crippen LogP contribution in [-0.4, -0.2) is 9.66 Å². The van der Waals surface area contributed by atoms with Crippen molar-refractivity contribution < 1.29 is 14.4 Å². The summed E-state index contributed by atoms with van der Waals surface area (Å²) in [7, 11) is 0. The van der Waals surface area contributed by atoms with E-state index in [1.165, 1.54) is 5.56 Å². The first kappa shape index (κ1) is 23.9. The van der Waals surface area contributed by atoms with Crippen LogP contribution in [0.25, 0.3) is 0 Å². The van der Waals surface area contributed by atoms with Gasteiger partial charge in [-0.1, -0.05) is 64.1 Å². The predicted molar refractivity (Wildman–Crippen MR) is 138 cm³/mol. The van der Waals surface area contributed by atoms with Crippen molar-refractivity contribution in [2.24, 2.45) is 0 Å². The topological polar surface area (TPSA) is 52.5 Å². The van der Waals surface area contributed by atoms with Crippen molar-refractivity contribution in [1.29, 1.82) is 0 Å². The van der Waals surface area contributed by atoms with E-state index < -0.39 is 11.2 Å². The van der Waals surface area contributed by atoms with E-state index in [1.54, 1.807) is 12.1 Å². The largest absolute Gasteiger partial charge is 0.606 e. The molecule has 34 heavy (non-hydrogen) atoms. The average molecular weight is 471 g/mol. The number of phenolic OH excluding ortho intramolecular Hbond substituents is 1. The molecular weight excluding hydrogens is 440 g/mol. The molecule has 0 spiro atoms. The molecule has 0 aliphatic carbocycles. The summed E-state index contributed by atoms with van der Waals surface area (Å²) in [6, 6.07) is 30.7. The molecule has 0 fully saturated rings. The van der Waals surface area contributed by atoms with E-state index in [-0.39, 0.29) is 11.2 Å². The normalized spacial score (nSPS) is 12.5. The molecule has 1 atom stereocenters. The summed E-state index contributed by atoms with van der Waals surface area (Å²) < 4.78 is 18.9. The number of rotatable bonds is 7. The number of hydrogen-bond donors (Lipinski definition) is 1. The van der Waals surface area contributed by atoms with Crippen LogP contribution < -0.4 is 4.74 Å². The van der Waals surface area contributed by atoms with E-state index >= 15 is 0 Å². The lowest BCUT2D eigenvalue weighted by Gasteiger charge is -2.26. The minimum Gasteiger partial charge on any atom is -0.606 e. The zero-order valence-electron chi connectivity index (χ0n) is 20.0. The first-order valence-electron chi connectivity index (χ1n) is 11.4. The lowest BCUT2D eigenvalue weighted by Crippen LogP contribution is -2.18. The molecule has 4 rings (SSSR count). The zero-order chi connectivity index (χ0) is 24.3. The Kier molecular flexibility index (Phi) is 7.01. The Balaban J connectivity index is 1.43. The van der Waals surface area contributed by atoms with E-state index in [0.717, 1.165) is 26.7 Å². The molecule has 4 aromatic rings. The molecule has 0 radical (unpaired) electrons. The standard InChI is InChI=1S/C30H30O3S/c1-21(2)22-5-17-28(18-6-22)34(32)29-19-15-27(16-20-29)33-26-13-9-24(10-14-26)30(3,4)23-7-11-25(31)12-8-23/h5-21,31H,1-4H3. The number of phenols is 1. The van der Waals surface area contributed by atoms with Gasteiger partial charge in [-0.2, -0.15) is 0 Å². The van der Waals surface area contributed by atoms with Crippen LogP contribution in [0.2, 0.25) is 0 Å². The van der Waals surface area contributed by atoms with Crippen LogP contribution in [0.1, 0.15) is 50.3 Å². The SMILES string of the molecule is CC(C)c1ccc([S+]([O-])c2ccc(Oc3ccc(C(C)(C)c4ccc(O)cc4)cc3)cc2)cc1. The molecule has 4 aromatic carbocycles. The first-order valence-corrected chi connectivity index (χ1v) is 12.6. The Morgan fingerprint density at radius 2 is 1.09 bits per heavy atom. The number of aromatic hydroxyl groups is 1. The van der Waals surface area contributed by atoms with E-state index in [1.807, 2.05) is 72.8 Å². The van der Waals surface area contributed by atoms with E-state index in [0.29, 0.717) is 11.7 Å². The Bertz CT molecular complexity index is 1210. The minimum absolute atomic E-state index is 0.203. The second-order valence-corrected chi connectivity index (χ2v) is 10.7. The molecule has 0 aromatic heterocycles. The third-order valence-corrected chi connectivity index (χ3v) is 7.60. The van der Waals surface area contributed by atoms with Crippen LogP contribution in [0.4, 0.5) is 0 Å². The predicted octanol–water partition coefficient (Wildman–Crippen LogP) is 7.80. The molecule has 1 N–H and O–H groups in total. The van der Waals surface area contributed by atoms with Crippen molar-refractivity contribution in [2.75, 3.05) is 0 Å². The van der Waals surface area contributed by atoms with Crippen LogP contribution in [0.3, 0.4) is 0 Å². The third kappa shape index (κ3) is 5.30. The molecule has 0 saturated heterocycles. The molecule has 174 valence electrons. The van der Waals surface area contributed by atoms with Gasteiger partial charge >= 0.3 is 0 Å². The maximum Gasteiger partial charge on any atom is 0.158 e. The van der Waals surface area contributed by atoms with Crippen molar-refractivity contribution >= 4 is 11.2 Å². The summed E-state index contributed by atoms with van der Waals surface area (Å²) >= 11 is -1.23. The maximum absolute atomic E-state index is 12.9. The van der Waals surface area contributed by atoms with Crippen LogP contribution in [0, 0.1) is 0 Å². The van der Waals surface area contributed by atoms with Gasteiger partial charge in [0.1, 0.15) is 17.2 Å². The second-order valence-electron chi connectivity index (χ2n) is 9.26. The van der Waals surface area contributed by atoms with Crippen molar-refractivity contribution in [3.05, 3.63) is 114 Å². The quantitative estimate of drug-likeness (QED) is 0.280. The lowest BCUT2D eigenvalue weighted by molar-refractivity contribution is 0.474. The van der Waals surface area contributed by atoms with Gasteiger partial charge in [-0.05, 0) is 83.3 Å². The van der Waals surface area contributed by atoms with E-state index in [4.69, 9.17) is 4.74 Å². The van der Waals surface area contributed by atoms with Crippen molar-refractivity contribution in [2.45, 2.75) is 48.8 Å². The minimum atomic E-state index is -1.23. The number of hydrogen-bond acceptors (Lipinski definition) is 3. The van der Waals surface area contributed by atoms with Gasteiger partial charge in [0, 0.05) is 16.6 Å². The first-order chi connectivity index (χ1) is 16.2. The van der Waals surface area contributed by atoms with Gasteiger partial charge in [0.05, 0.1) is 0 Å². The fraction of sp³-hybridized carbons (Fsp3) is 0.200. The van der Waals surface area contributed by atoms with Crippen LogP contribution in [-0.2, 0) is 16.6 Å². The molecule has 0 aliphatic rings. The van der Waals surface area contributed by atoms with Gasteiger partial charge in [0.15, 0.2) is 9.79 Å². The summed E-state index contributed by atoms with van der Waals surface area (Å²) in [5.41, 5.74) is 3.31. The Labute approximate surface area is 205 Å². The summed E-state index contributed by atoms with van der Waals surface area (Å²) in [6.45, 7) is 8.61. The zero-order valence-corrected chi connectivity index (χ0v) is 20.8. The van der Waals surface area contributed by atoms with Crippen molar-refractivity contribution in [1.82, 2.24) is 0 Å². The molecule has 0 heterocycles. The van der Waals surface area contributed by atoms with Gasteiger partial charge in [0.2, 0.25) is 0 Å². The monoisotopic (exact) mass is 470 g/mol. The second kappa shape index (κ2) is 9.96. The molecule has 3 nitrogen and oxygen atoms in total. The third-order valence-electron chi connectivity index (χ3n) is 6.20. The van der Waals surface area contributed by atoms with Crippen LogP contribution in [0.5, 0.6) is 17.2 Å². The molecule has 0 amide bonds. The van der Waals surface area contributed by atoms with Gasteiger partial charge < -0.3 is 14.4 Å². The fourth-order valence-electron chi connectivity index (χ4n) is 3.86. The average Bonchev–Trinajstić information content (AvgIpc) is 2.85. The van der Waals surface area contributed by atoms with Gasteiger partial charge in [0.25, 0.3) is 0 Å². The Hall–Kier alpha value is -3.21. The molecule has 0 saturated carbocycles. The summed E-state index contributed by atoms with van der Waals surface area (Å²) in [5, 5.41) is 9.57. The Morgan fingerprint density at radius 1 is 0.676 bits per heavy atom. The highest BCUT2D eigenvalue weighted by Gasteiger charge is 2.23. The summed E-state index contributed by atoms with van der Waals surface area (Å²) in [4.78, 5) is 1.54. The molecule has 1 unspecified atom stereocenters. The Morgan fingerprint density at radius 3 is 1.56 bits per heavy atom. The molecule has 0 bridgehead atoms. The van der Waals surface area contributed by atoms with Gasteiger partial charge in [-0.25, -0.2) is 0 Å². The van der Waals surface area contributed by atoms with Gasteiger partial charge in [-0.3, -0.25) is 0 Å². The van der Waals surface area contributed by atoms with Crippen LogP contribution >= 0.6 is 0 Å². The highest BCUT2D eigenvalue weighted by Crippen LogP contribution is 2.34. The smallest absolute Gasteiger partial charge is 0.158 e. The van der Waals surface area contributed by atoms with Crippen molar-refractivity contribution in [3.63, 3.8) is 0 Å². The number of ether oxygens (including phenoxy) is 1. The molecule has 4 heteroatoms. The fourth-order valence-corrected chi connectivity index (χ4v) is 4.90. The summed E-state index contributed by atoms with van der Waals surface area (Å²) in [5.74, 6) is 2.15. The molecule has 0 aliphatic heterocycles. The number of benzene rings is 4. The summed E-state index contributed by atoms with van der Waals surface area (Å²) in [6.07, 6.45) is 0. The highest BCUT2D eigenvalue weighted by molar-refractivity contribution is 7.91. The molecular formula is C30H30O3S. The lowest BCUT2D eigenvalue weighted by atomic mass is 9.78. The van der Waals surface area contributed by atoms with E-state index in [2.05, 4.69) is 39.8 Å².